The van der Waals surface area contributed by atoms with E-state index in [0.29, 0.717) is 36.3 Å². The van der Waals surface area contributed by atoms with Crippen LogP contribution in [0.2, 0.25) is 0 Å². The zero-order chi connectivity index (χ0) is 18.0. The molecule has 5 nitrogen and oxygen atoms in total. The molecule has 132 valence electrons. The predicted octanol–water partition coefficient (Wildman–Crippen LogP) is 3.81. The first-order chi connectivity index (χ1) is 12.0. The second-order valence-corrected chi connectivity index (χ2v) is 6.42. The molecule has 0 aliphatic heterocycles. The highest BCUT2D eigenvalue weighted by Gasteiger charge is 2.32. The molecule has 1 aromatic heterocycles. The number of carbonyl (C=O) groups is 2. The summed E-state index contributed by atoms with van der Waals surface area (Å²) in [7, 11) is 1.63. The van der Waals surface area contributed by atoms with Crippen molar-refractivity contribution in [2.24, 2.45) is 0 Å². The molecule has 0 amide bonds. The van der Waals surface area contributed by atoms with Gasteiger partial charge in [0.25, 0.3) is 0 Å². The van der Waals surface area contributed by atoms with Crippen molar-refractivity contribution in [3.05, 3.63) is 52.3 Å². The first-order valence-corrected chi connectivity index (χ1v) is 8.60. The Labute approximate surface area is 147 Å². The molecule has 1 N–H and O–H groups in total. The Kier molecular flexibility index (Phi) is 4.93. The van der Waals surface area contributed by atoms with Crippen LogP contribution in [0, 0.1) is 6.92 Å². The fourth-order valence-electron chi connectivity index (χ4n) is 3.42. The molecule has 2 aromatic rings. The molecule has 1 aliphatic rings. The Morgan fingerprint density at radius 2 is 1.96 bits per heavy atom. The van der Waals surface area contributed by atoms with Crippen molar-refractivity contribution in [1.82, 2.24) is 4.98 Å². The van der Waals surface area contributed by atoms with E-state index < -0.39 is 0 Å². The Morgan fingerprint density at radius 3 is 2.60 bits per heavy atom. The van der Waals surface area contributed by atoms with Crippen molar-refractivity contribution in [3.63, 3.8) is 0 Å². The lowest BCUT2D eigenvalue weighted by atomic mass is 9.81. The van der Waals surface area contributed by atoms with Gasteiger partial charge in [0.1, 0.15) is 11.4 Å². The van der Waals surface area contributed by atoms with E-state index in [0.717, 1.165) is 23.4 Å². The van der Waals surface area contributed by atoms with Crippen molar-refractivity contribution in [2.75, 3.05) is 13.7 Å². The highest BCUT2D eigenvalue weighted by Crippen LogP contribution is 2.35. The van der Waals surface area contributed by atoms with Gasteiger partial charge in [-0.2, -0.15) is 0 Å². The van der Waals surface area contributed by atoms with E-state index in [-0.39, 0.29) is 17.7 Å². The molecule has 0 saturated carbocycles. The van der Waals surface area contributed by atoms with E-state index in [2.05, 4.69) is 4.98 Å². The quantitative estimate of drug-likeness (QED) is 0.840. The summed E-state index contributed by atoms with van der Waals surface area (Å²) < 4.78 is 10.4. The molecule has 0 spiro atoms. The summed E-state index contributed by atoms with van der Waals surface area (Å²) in [5.74, 6) is 0.583. The van der Waals surface area contributed by atoms with E-state index in [1.54, 1.807) is 7.11 Å². The topological polar surface area (TPSA) is 68.4 Å². The molecule has 25 heavy (non-hydrogen) atoms. The fourth-order valence-corrected chi connectivity index (χ4v) is 3.42. The van der Waals surface area contributed by atoms with Crippen molar-refractivity contribution >= 4 is 11.8 Å². The number of hydrogen-bond acceptors (Lipinski definition) is 4. The summed E-state index contributed by atoms with van der Waals surface area (Å²) in [5, 5.41) is 0. The van der Waals surface area contributed by atoms with Crippen LogP contribution in [0.3, 0.4) is 0 Å². The Morgan fingerprint density at radius 1 is 1.24 bits per heavy atom. The van der Waals surface area contributed by atoms with E-state index in [1.807, 2.05) is 38.1 Å². The molecule has 1 aromatic carbocycles. The van der Waals surface area contributed by atoms with Crippen molar-refractivity contribution in [1.29, 1.82) is 0 Å². The zero-order valence-corrected chi connectivity index (χ0v) is 14.8. The number of Topliss-reactive ketones (excluding diaryl/α,β-unsaturated/α-hetero) is 1. The lowest BCUT2D eigenvalue weighted by Crippen LogP contribution is -2.18. The number of fused-ring (bicyclic) bond motifs is 1. The lowest BCUT2D eigenvalue weighted by Gasteiger charge is -2.22. The number of benzene rings is 1. The van der Waals surface area contributed by atoms with Crippen LogP contribution < -0.4 is 4.74 Å². The standard InChI is InChI=1S/C20H23NO4/c1-4-9-25-20(23)19-12(2)18-16(21-19)10-14(11-17(18)22)13-5-7-15(24-3)8-6-13/h5-8,14,21H,4,9-11H2,1-3H3/t14-/m1/s1. The predicted molar refractivity (Wildman–Crippen MR) is 94.5 cm³/mol. The SMILES string of the molecule is CCCOC(=O)c1[nH]c2c(c1C)C(=O)C[C@H](c1ccc(OC)cc1)C2. The Balaban J connectivity index is 1.87. The highest BCUT2D eigenvalue weighted by molar-refractivity contribution is 6.03. The molecule has 0 saturated heterocycles. The average Bonchev–Trinajstić information content (AvgIpc) is 2.97. The van der Waals surface area contributed by atoms with E-state index >= 15 is 0 Å². The number of carbonyl (C=O) groups excluding carboxylic acids is 2. The number of ketones is 1. The normalized spacial score (nSPS) is 16.4. The van der Waals surface area contributed by atoms with Crippen LogP contribution in [0.5, 0.6) is 5.75 Å². The van der Waals surface area contributed by atoms with E-state index in [1.165, 1.54) is 0 Å². The number of nitrogens with one attached hydrogen (secondary N) is 1. The molecular formula is C20H23NO4. The van der Waals surface area contributed by atoms with Gasteiger partial charge in [-0.1, -0.05) is 19.1 Å². The summed E-state index contributed by atoms with van der Waals surface area (Å²) in [6, 6.07) is 7.80. The van der Waals surface area contributed by atoms with Gasteiger partial charge in [-0.3, -0.25) is 4.79 Å². The largest absolute Gasteiger partial charge is 0.497 e. The smallest absolute Gasteiger partial charge is 0.355 e. The number of H-pyrrole nitrogens is 1. The maximum Gasteiger partial charge on any atom is 0.355 e. The number of aromatic amines is 1. The maximum absolute atomic E-state index is 12.7. The first-order valence-electron chi connectivity index (χ1n) is 8.60. The molecule has 1 aliphatic carbocycles. The molecule has 0 fully saturated rings. The van der Waals surface area contributed by atoms with Gasteiger partial charge in [-0.15, -0.1) is 0 Å². The van der Waals surface area contributed by atoms with Gasteiger partial charge >= 0.3 is 5.97 Å². The molecular weight excluding hydrogens is 318 g/mol. The van der Waals surface area contributed by atoms with Gasteiger partial charge in [0, 0.05) is 17.7 Å². The lowest BCUT2D eigenvalue weighted by molar-refractivity contribution is 0.0498. The number of methoxy groups -OCH3 is 1. The number of hydrogen-bond donors (Lipinski definition) is 1. The number of ether oxygens (including phenoxy) is 2. The Hall–Kier alpha value is -2.56. The van der Waals surface area contributed by atoms with Crippen LogP contribution >= 0.6 is 0 Å². The molecule has 0 bridgehead atoms. The summed E-state index contributed by atoms with van der Waals surface area (Å²) in [5.41, 5.74) is 3.70. The van der Waals surface area contributed by atoms with Crippen molar-refractivity contribution in [3.8, 4) is 5.75 Å². The van der Waals surface area contributed by atoms with Gasteiger partial charge in [0.05, 0.1) is 13.7 Å². The van der Waals surface area contributed by atoms with Gasteiger partial charge in [0.2, 0.25) is 0 Å². The van der Waals surface area contributed by atoms with Crippen LogP contribution in [0.4, 0.5) is 0 Å². The molecule has 1 atom stereocenters. The third kappa shape index (κ3) is 3.31. The van der Waals surface area contributed by atoms with Gasteiger partial charge in [-0.25, -0.2) is 4.79 Å². The van der Waals surface area contributed by atoms with Crippen LogP contribution in [-0.2, 0) is 11.2 Å². The van der Waals surface area contributed by atoms with Crippen molar-refractivity contribution in [2.45, 2.75) is 39.0 Å². The zero-order valence-electron chi connectivity index (χ0n) is 14.8. The number of rotatable bonds is 5. The molecule has 5 heteroatoms. The van der Waals surface area contributed by atoms with E-state index in [9.17, 15) is 9.59 Å². The fraction of sp³-hybridized carbons (Fsp3) is 0.400. The maximum atomic E-state index is 12.7. The van der Waals surface area contributed by atoms with Gasteiger partial charge < -0.3 is 14.5 Å². The second kappa shape index (κ2) is 7.13. The van der Waals surface area contributed by atoms with Crippen LogP contribution in [0.1, 0.15) is 63.4 Å². The third-order valence-electron chi connectivity index (χ3n) is 4.72. The second-order valence-electron chi connectivity index (χ2n) is 6.42. The van der Waals surface area contributed by atoms with Gasteiger partial charge in [-0.05, 0) is 48.9 Å². The minimum Gasteiger partial charge on any atom is -0.497 e. The minimum atomic E-state index is -0.387. The molecule has 1 heterocycles. The van der Waals surface area contributed by atoms with E-state index in [4.69, 9.17) is 9.47 Å². The van der Waals surface area contributed by atoms with Crippen LogP contribution in [0.25, 0.3) is 0 Å². The Bertz CT molecular complexity index is 789. The van der Waals surface area contributed by atoms with Crippen LogP contribution in [-0.4, -0.2) is 30.5 Å². The number of esters is 1. The molecule has 0 radical (unpaired) electrons. The number of aromatic nitrogens is 1. The summed E-state index contributed by atoms with van der Waals surface area (Å²) >= 11 is 0. The van der Waals surface area contributed by atoms with Gasteiger partial charge in [0.15, 0.2) is 5.78 Å². The third-order valence-corrected chi connectivity index (χ3v) is 4.72. The molecule has 3 rings (SSSR count). The minimum absolute atomic E-state index is 0.0744. The monoisotopic (exact) mass is 341 g/mol. The van der Waals surface area contributed by atoms with Crippen molar-refractivity contribution < 1.29 is 19.1 Å². The summed E-state index contributed by atoms with van der Waals surface area (Å²) in [4.78, 5) is 28.0. The summed E-state index contributed by atoms with van der Waals surface area (Å²) in [6.45, 7) is 4.14. The van der Waals surface area contributed by atoms with Crippen LogP contribution in [0.15, 0.2) is 24.3 Å². The average molecular weight is 341 g/mol. The summed E-state index contributed by atoms with van der Waals surface area (Å²) in [6.07, 6.45) is 1.92. The molecule has 0 unspecified atom stereocenters. The highest BCUT2D eigenvalue weighted by atomic mass is 16.5. The first kappa shape index (κ1) is 17.3.